The van der Waals surface area contributed by atoms with Crippen LogP contribution in [0.3, 0.4) is 0 Å². The Kier molecular flexibility index (Phi) is 5.59. The zero-order chi connectivity index (χ0) is 16.8. The molecule has 1 aromatic carbocycles. The maximum Gasteiger partial charge on any atom is 0.354 e. The van der Waals surface area contributed by atoms with Gasteiger partial charge in [0.05, 0.1) is 6.04 Å². The fraction of sp³-hybridized carbons (Fsp3) is 0.188. The quantitative estimate of drug-likeness (QED) is 0.838. The second-order valence-corrected chi connectivity index (χ2v) is 6.37. The van der Waals surface area contributed by atoms with Gasteiger partial charge in [-0.3, -0.25) is 9.00 Å². The van der Waals surface area contributed by atoms with E-state index in [9.17, 15) is 13.8 Å². The van der Waals surface area contributed by atoms with Crippen LogP contribution in [0.5, 0.6) is 0 Å². The third-order valence-electron chi connectivity index (χ3n) is 3.11. The van der Waals surface area contributed by atoms with Gasteiger partial charge in [-0.05, 0) is 17.7 Å². The molecule has 0 spiro atoms. The molecule has 0 aliphatic heterocycles. The van der Waals surface area contributed by atoms with Crippen molar-refractivity contribution in [2.45, 2.75) is 6.04 Å². The highest BCUT2D eigenvalue weighted by Crippen LogP contribution is 2.14. The smallest absolute Gasteiger partial charge is 0.354 e. The highest BCUT2D eigenvalue weighted by molar-refractivity contribution is 7.84. The topological polar surface area (TPSA) is 96.4 Å². The molecule has 7 heteroatoms. The normalized spacial score (nSPS) is 13.1. The Morgan fingerprint density at radius 2 is 1.78 bits per heavy atom. The molecule has 120 valence electrons. The number of amides is 1. The summed E-state index contributed by atoms with van der Waals surface area (Å²) < 4.78 is 11.6. The summed E-state index contributed by atoms with van der Waals surface area (Å²) in [5.41, 5.74) is 0.631. The van der Waals surface area contributed by atoms with Crippen LogP contribution in [0.25, 0.3) is 0 Å². The van der Waals surface area contributed by atoms with Crippen LogP contribution in [0.1, 0.15) is 32.6 Å². The van der Waals surface area contributed by atoms with Crippen molar-refractivity contribution in [3.05, 3.63) is 65.5 Å². The Morgan fingerprint density at radius 1 is 1.13 bits per heavy atom. The number of carbonyl (C=O) groups excluding carboxylic acids is 1. The highest BCUT2D eigenvalue weighted by Gasteiger charge is 2.18. The van der Waals surface area contributed by atoms with Crippen LogP contribution in [0.4, 0.5) is 0 Å². The van der Waals surface area contributed by atoms with Gasteiger partial charge in [-0.1, -0.05) is 36.4 Å². The lowest BCUT2D eigenvalue weighted by Gasteiger charge is -2.18. The molecule has 0 saturated carbocycles. The summed E-state index contributed by atoms with van der Waals surface area (Å²) in [6.07, 6.45) is 1.56. The van der Waals surface area contributed by atoms with E-state index in [1.54, 1.807) is 6.26 Å². The average Bonchev–Trinajstić information content (AvgIpc) is 2.54. The first-order valence-corrected chi connectivity index (χ1v) is 8.56. The Labute approximate surface area is 136 Å². The number of carboxylic acids is 1. The van der Waals surface area contributed by atoms with Crippen molar-refractivity contribution in [1.82, 2.24) is 10.3 Å². The SMILES string of the molecule is CS(=O)CC(NC(=O)c1cccc(C(=O)O)n1)c1ccccc1. The van der Waals surface area contributed by atoms with E-state index < -0.39 is 28.7 Å². The zero-order valence-corrected chi connectivity index (χ0v) is 13.2. The van der Waals surface area contributed by atoms with Gasteiger partial charge in [-0.25, -0.2) is 9.78 Å². The Hall–Kier alpha value is -2.54. The number of rotatable bonds is 6. The number of aromatic nitrogens is 1. The molecule has 0 fully saturated rings. The summed E-state index contributed by atoms with van der Waals surface area (Å²) in [4.78, 5) is 27.1. The third kappa shape index (κ3) is 4.72. The Morgan fingerprint density at radius 3 is 2.39 bits per heavy atom. The Balaban J connectivity index is 2.22. The highest BCUT2D eigenvalue weighted by atomic mass is 32.2. The second-order valence-electron chi connectivity index (χ2n) is 4.89. The van der Waals surface area contributed by atoms with E-state index in [2.05, 4.69) is 10.3 Å². The molecule has 2 aromatic rings. The molecule has 2 unspecified atom stereocenters. The van der Waals surface area contributed by atoms with Crippen molar-refractivity contribution in [3.63, 3.8) is 0 Å². The monoisotopic (exact) mass is 332 g/mol. The number of aromatic carboxylic acids is 1. The maximum absolute atomic E-state index is 12.3. The van der Waals surface area contributed by atoms with E-state index in [1.807, 2.05) is 30.3 Å². The van der Waals surface area contributed by atoms with E-state index in [4.69, 9.17) is 5.11 Å². The van der Waals surface area contributed by atoms with Crippen LogP contribution in [0.2, 0.25) is 0 Å². The third-order valence-corrected chi connectivity index (χ3v) is 3.91. The van der Waals surface area contributed by atoms with E-state index in [1.165, 1.54) is 18.2 Å². The van der Waals surface area contributed by atoms with Crippen LogP contribution in [0, 0.1) is 0 Å². The summed E-state index contributed by atoms with van der Waals surface area (Å²) in [5.74, 6) is -1.45. The van der Waals surface area contributed by atoms with Crippen molar-refractivity contribution in [2.75, 3.05) is 12.0 Å². The molecular weight excluding hydrogens is 316 g/mol. The lowest BCUT2D eigenvalue weighted by Crippen LogP contribution is -2.32. The van der Waals surface area contributed by atoms with Crippen molar-refractivity contribution >= 4 is 22.7 Å². The predicted octanol–water partition coefficient (Wildman–Crippen LogP) is 1.63. The molecule has 23 heavy (non-hydrogen) atoms. The van der Waals surface area contributed by atoms with Gasteiger partial charge in [0.2, 0.25) is 0 Å². The van der Waals surface area contributed by atoms with Crippen LogP contribution >= 0.6 is 0 Å². The predicted molar refractivity (Wildman–Crippen MR) is 86.8 cm³/mol. The minimum atomic E-state index is -1.20. The van der Waals surface area contributed by atoms with Gasteiger partial charge >= 0.3 is 5.97 Å². The lowest BCUT2D eigenvalue weighted by molar-refractivity contribution is 0.0690. The molecule has 6 nitrogen and oxygen atoms in total. The number of pyridine rings is 1. The molecule has 0 bridgehead atoms. The summed E-state index contributed by atoms with van der Waals surface area (Å²) in [6, 6.07) is 12.9. The van der Waals surface area contributed by atoms with Crippen molar-refractivity contribution in [1.29, 1.82) is 0 Å². The van der Waals surface area contributed by atoms with Crippen LogP contribution in [-0.4, -0.2) is 38.2 Å². The summed E-state index contributed by atoms with van der Waals surface area (Å²) in [6.45, 7) is 0. The first kappa shape index (κ1) is 16.8. The number of nitrogens with zero attached hydrogens (tertiary/aromatic N) is 1. The van der Waals surface area contributed by atoms with Crippen molar-refractivity contribution in [3.8, 4) is 0 Å². The fourth-order valence-corrected chi connectivity index (χ4v) is 2.80. The molecule has 1 aromatic heterocycles. The van der Waals surface area contributed by atoms with Crippen LogP contribution < -0.4 is 5.32 Å². The fourth-order valence-electron chi connectivity index (χ4n) is 2.05. The first-order chi connectivity index (χ1) is 11.0. The maximum atomic E-state index is 12.3. The molecule has 0 aliphatic carbocycles. The van der Waals surface area contributed by atoms with Crippen LogP contribution in [-0.2, 0) is 10.8 Å². The van der Waals surface area contributed by atoms with Gasteiger partial charge in [-0.15, -0.1) is 0 Å². The summed E-state index contributed by atoms with van der Waals surface area (Å²) >= 11 is 0. The van der Waals surface area contributed by atoms with Gasteiger partial charge in [0.25, 0.3) is 5.91 Å². The van der Waals surface area contributed by atoms with E-state index >= 15 is 0 Å². The lowest BCUT2D eigenvalue weighted by atomic mass is 10.1. The number of hydrogen-bond acceptors (Lipinski definition) is 4. The van der Waals surface area contributed by atoms with E-state index in [0.29, 0.717) is 0 Å². The van der Waals surface area contributed by atoms with Crippen molar-refractivity contribution < 1.29 is 18.9 Å². The number of carboxylic acid groups (broad SMARTS) is 1. The van der Waals surface area contributed by atoms with Gasteiger partial charge in [0, 0.05) is 22.8 Å². The molecule has 0 radical (unpaired) electrons. The van der Waals surface area contributed by atoms with Crippen molar-refractivity contribution in [2.24, 2.45) is 0 Å². The largest absolute Gasteiger partial charge is 0.477 e. The zero-order valence-electron chi connectivity index (χ0n) is 12.4. The standard InChI is InChI=1S/C16H16N2O4S/c1-23(22)10-14(11-6-3-2-4-7-11)18-15(19)12-8-5-9-13(17-12)16(20)21/h2-9,14H,10H2,1H3,(H,18,19)(H,20,21). The molecule has 1 amide bonds. The first-order valence-electron chi connectivity index (χ1n) is 6.83. The van der Waals surface area contributed by atoms with Gasteiger partial charge in [-0.2, -0.15) is 0 Å². The van der Waals surface area contributed by atoms with Gasteiger partial charge in [0.1, 0.15) is 11.4 Å². The van der Waals surface area contributed by atoms with E-state index in [-0.39, 0.29) is 17.1 Å². The van der Waals surface area contributed by atoms with Gasteiger partial charge in [0.15, 0.2) is 0 Å². The molecular formula is C16H16N2O4S. The number of hydrogen-bond donors (Lipinski definition) is 2. The molecule has 2 atom stereocenters. The average molecular weight is 332 g/mol. The second kappa shape index (κ2) is 7.64. The van der Waals surface area contributed by atoms with Gasteiger partial charge < -0.3 is 10.4 Å². The number of benzene rings is 1. The summed E-state index contributed by atoms with van der Waals surface area (Å²) in [5, 5.41) is 11.7. The summed E-state index contributed by atoms with van der Waals surface area (Å²) in [7, 11) is -1.11. The molecule has 1 heterocycles. The number of carbonyl (C=O) groups is 2. The number of nitrogens with one attached hydrogen (secondary N) is 1. The van der Waals surface area contributed by atoms with E-state index in [0.717, 1.165) is 5.56 Å². The minimum absolute atomic E-state index is 0.00714. The molecule has 0 aliphatic rings. The van der Waals surface area contributed by atoms with Crippen LogP contribution in [0.15, 0.2) is 48.5 Å². The molecule has 0 saturated heterocycles. The Bertz CT molecular complexity index is 734. The molecule has 2 N–H and O–H groups in total. The minimum Gasteiger partial charge on any atom is -0.477 e. The molecule has 2 rings (SSSR count).